The van der Waals surface area contributed by atoms with Gasteiger partial charge in [0, 0.05) is 7.11 Å². The number of methoxy groups -OCH3 is 1. The number of amides is 1. The lowest BCUT2D eigenvalue weighted by Gasteiger charge is -2.41. The molecule has 1 aromatic carbocycles. The SMILES string of the molecule is CCOC(=O)[C@@H]1C(=O)N(CCOC)c2nc3ccccc3n2[C@@H]1[C@H]1CC=CCC1. The quantitative estimate of drug-likeness (QED) is 0.425. The average Bonchev–Trinajstić information content (AvgIpc) is 3.12. The number of anilines is 1. The molecule has 0 fully saturated rings. The number of aromatic nitrogens is 2. The maximum absolute atomic E-state index is 13.5. The molecule has 4 rings (SSSR count). The minimum absolute atomic E-state index is 0.166. The number of ether oxygens (including phenoxy) is 2. The van der Waals surface area contributed by atoms with E-state index < -0.39 is 11.9 Å². The number of carbonyl (C=O) groups excluding carboxylic acids is 2. The van der Waals surface area contributed by atoms with E-state index in [-0.39, 0.29) is 24.5 Å². The Morgan fingerprint density at radius 2 is 2.10 bits per heavy atom. The van der Waals surface area contributed by atoms with Crippen molar-refractivity contribution in [3.8, 4) is 0 Å². The van der Waals surface area contributed by atoms with Crippen molar-refractivity contribution in [1.82, 2.24) is 9.55 Å². The van der Waals surface area contributed by atoms with Crippen LogP contribution in [0.15, 0.2) is 36.4 Å². The molecule has 1 aliphatic heterocycles. The second-order valence-electron chi connectivity index (χ2n) is 7.52. The van der Waals surface area contributed by atoms with E-state index in [0.29, 0.717) is 19.1 Å². The van der Waals surface area contributed by atoms with E-state index in [1.807, 2.05) is 24.3 Å². The molecule has 0 spiro atoms. The van der Waals surface area contributed by atoms with E-state index in [1.165, 1.54) is 0 Å². The van der Waals surface area contributed by atoms with Crippen LogP contribution < -0.4 is 4.90 Å². The monoisotopic (exact) mass is 397 g/mol. The van der Waals surface area contributed by atoms with Crippen LogP contribution in [0.3, 0.4) is 0 Å². The van der Waals surface area contributed by atoms with Crippen molar-refractivity contribution in [2.75, 3.05) is 31.8 Å². The molecule has 1 aromatic heterocycles. The van der Waals surface area contributed by atoms with Crippen molar-refractivity contribution in [3.05, 3.63) is 36.4 Å². The van der Waals surface area contributed by atoms with Crippen LogP contribution in [0.5, 0.6) is 0 Å². The maximum Gasteiger partial charge on any atom is 0.320 e. The fourth-order valence-electron chi connectivity index (χ4n) is 4.55. The summed E-state index contributed by atoms with van der Waals surface area (Å²) in [7, 11) is 1.59. The molecule has 154 valence electrons. The van der Waals surface area contributed by atoms with Gasteiger partial charge in [-0.15, -0.1) is 0 Å². The van der Waals surface area contributed by atoms with Crippen LogP contribution >= 0.6 is 0 Å². The number of carbonyl (C=O) groups is 2. The van der Waals surface area contributed by atoms with Gasteiger partial charge < -0.3 is 14.0 Å². The predicted octanol–water partition coefficient (Wildman–Crippen LogP) is 3.11. The molecule has 2 aromatic rings. The molecular weight excluding hydrogens is 370 g/mol. The second-order valence-corrected chi connectivity index (χ2v) is 7.52. The number of esters is 1. The molecule has 0 N–H and O–H groups in total. The van der Waals surface area contributed by atoms with Gasteiger partial charge in [0.25, 0.3) is 0 Å². The van der Waals surface area contributed by atoms with Gasteiger partial charge in [0.1, 0.15) is 0 Å². The Kier molecular flexibility index (Phi) is 5.67. The minimum Gasteiger partial charge on any atom is -0.465 e. The zero-order valence-corrected chi connectivity index (χ0v) is 16.9. The van der Waals surface area contributed by atoms with Crippen molar-refractivity contribution < 1.29 is 19.1 Å². The fraction of sp³-hybridized carbons (Fsp3) is 0.500. The van der Waals surface area contributed by atoms with Crippen LogP contribution in [0.2, 0.25) is 0 Å². The van der Waals surface area contributed by atoms with Gasteiger partial charge >= 0.3 is 5.97 Å². The van der Waals surface area contributed by atoms with Crippen molar-refractivity contribution in [1.29, 1.82) is 0 Å². The summed E-state index contributed by atoms with van der Waals surface area (Å²) in [6.07, 6.45) is 7.02. The number of rotatable bonds is 6. The highest BCUT2D eigenvalue weighted by Gasteiger charge is 2.49. The summed E-state index contributed by atoms with van der Waals surface area (Å²) in [6.45, 7) is 2.72. The van der Waals surface area contributed by atoms with Gasteiger partial charge in [-0.25, -0.2) is 4.98 Å². The van der Waals surface area contributed by atoms with Gasteiger partial charge in [-0.3, -0.25) is 14.5 Å². The predicted molar refractivity (Wildman–Crippen MR) is 110 cm³/mol. The third-order valence-corrected chi connectivity index (χ3v) is 5.84. The van der Waals surface area contributed by atoms with E-state index in [4.69, 9.17) is 14.5 Å². The number of fused-ring (bicyclic) bond motifs is 3. The molecule has 29 heavy (non-hydrogen) atoms. The second kappa shape index (κ2) is 8.37. The lowest BCUT2D eigenvalue weighted by molar-refractivity contribution is -0.155. The average molecular weight is 397 g/mol. The smallest absolute Gasteiger partial charge is 0.320 e. The molecule has 3 atom stereocenters. The van der Waals surface area contributed by atoms with Crippen LogP contribution in [0.1, 0.15) is 32.2 Å². The molecule has 1 amide bonds. The largest absolute Gasteiger partial charge is 0.465 e. The van der Waals surface area contributed by atoms with E-state index in [9.17, 15) is 9.59 Å². The summed E-state index contributed by atoms with van der Waals surface area (Å²) >= 11 is 0. The Morgan fingerprint density at radius 3 is 2.83 bits per heavy atom. The van der Waals surface area contributed by atoms with Crippen LogP contribution in [-0.2, 0) is 19.1 Å². The molecule has 0 saturated heterocycles. The molecule has 1 aliphatic carbocycles. The first-order valence-electron chi connectivity index (χ1n) is 10.3. The highest BCUT2D eigenvalue weighted by Crippen LogP contribution is 2.44. The van der Waals surface area contributed by atoms with Crippen molar-refractivity contribution in [3.63, 3.8) is 0 Å². The Labute approximate surface area is 170 Å². The molecule has 7 nitrogen and oxygen atoms in total. The van der Waals surface area contributed by atoms with Crippen LogP contribution in [0, 0.1) is 11.8 Å². The molecule has 0 unspecified atom stereocenters. The number of imidazole rings is 1. The standard InChI is InChI=1S/C22H27N3O4/c1-3-29-21(27)18-19(15-9-5-4-6-10-15)25-17-12-8-7-11-16(17)23-22(25)24(20(18)26)13-14-28-2/h4-5,7-8,11-12,15,18-19H,3,6,9-10,13-14H2,1-2H3/t15-,18-,19+/m0/s1. The van der Waals surface area contributed by atoms with Gasteiger partial charge in [0.05, 0.1) is 36.8 Å². The summed E-state index contributed by atoms with van der Waals surface area (Å²) < 4.78 is 12.7. The van der Waals surface area contributed by atoms with Crippen molar-refractivity contribution >= 4 is 28.9 Å². The van der Waals surface area contributed by atoms with Crippen LogP contribution in [0.4, 0.5) is 5.95 Å². The van der Waals surface area contributed by atoms with Gasteiger partial charge in [0.15, 0.2) is 5.92 Å². The highest BCUT2D eigenvalue weighted by molar-refractivity contribution is 6.08. The normalized spacial score (nSPS) is 24.0. The molecule has 2 aliphatic rings. The van der Waals surface area contributed by atoms with E-state index in [1.54, 1.807) is 18.9 Å². The summed E-state index contributed by atoms with van der Waals surface area (Å²) in [5.41, 5.74) is 1.75. The highest BCUT2D eigenvalue weighted by atomic mass is 16.5. The van der Waals surface area contributed by atoms with Gasteiger partial charge in [0.2, 0.25) is 11.9 Å². The van der Waals surface area contributed by atoms with Gasteiger partial charge in [-0.1, -0.05) is 24.3 Å². The van der Waals surface area contributed by atoms with E-state index in [2.05, 4.69) is 16.7 Å². The Bertz CT molecular complexity index is 935. The minimum atomic E-state index is -0.881. The van der Waals surface area contributed by atoms with E-state index >= 15 is 0 Å². The maximum atomic E-state index is 13.5. The van der Waals surface area contributed by atoms with Crippen molar-refractivity contribution in [2.24, 2.45) is 11.8 Å². The topological polar surface area (TPSA) is 73.7 Å². The zero-order valence-electron chi connectivity index (χ0n) is 16.9. The fourth-order valence-corrected chi connectivity index (χ4v) is 4.55. The Hall–Kier alpha value is -2.67. The lowest BCUT2D eigenvalue weighted by Crippen LogP contribution is -2.52. The number of hydrogen-bond donors (Lipinski definition) is 0. The zero-order chi connectivity index (χ0) is 20.4. The first-order valence-corrected chi connectivity index (χ1v) is 10.3. The van der Waals surface area contributed by atoms with Crippen LogP contribution in [-0.4, -0.2) is 48.3 Å². The van der Waals surface area contributed by atoms with Gasteiger partial charge in [-0.2, -0.15) is 0 Å². The first-order chi connectivity index (χ1) is 14.2. The number of benzene rings is 1. The number of hydrogen-bond acceptors (Lipinski definition) is 5. The van der Waals surface area contributed by atoms with Gasteiger partial charge in [-0.05, 0) is 44.2 Å². The van der Waals surface area contributed by atoms with Crippen molar-refractivity contribution in [2.45, 2.75) is 32.2 Å². The summed E-state index contributed by atoms with van der Waals surface area (Å²) in [5.74, 6) is -0.827. The lowest BCUT2D eigenvalue weighted by atomic mass is 9.79. The molecule has 0 bridgehead atoms. The molecular formula is C22H27N3O4. The first kappa shape index (κ1) is 19.6. The molecule has 2 heterocycles. The molecule has 0 radical (unpaired) electrons. The Morgan fingerprint density at radius 1 is 1.28 bits per heavy atom. The Balaban J connectivity index is 1.90. The summed E-state index contributed by atoms with van der Waals surface area (Å²) in [5, 5.41) is 0. The third kappa shape index (κ3) is 3.44. The number of nitrogens with zero attached hydrogens (tertiary/aromatic N) is 3. The van der Waals surface area contributed by atoms with E-state index in [0.717, 1.165) is 30.3 Å². The number of allylic oxidation sites excluding steroid dienone is 2. The third-order valence-electron chi connectivity index (χ3n) is 5.84. The number of para-hydroxylation sites is 2. The molecule has 7 heteroatoms. The summed E-state index contributed by atoms with van der Waals surface area (Å²) in [4.78, 5) is 32.9. The molecule has 0 saturated carbocycles. The van der Waals surface area contributed by atoms with Crippen LogP contribution in [0.25, 0.3) is 11.0 Å². The summed E-state index contributed by atoms with van der Waals surface area (Å²) in [6, 6.07) is 7.53.